The molecule has 0 atom stereocenters. The largest absolute Gasteiger partial charge is 0.328 e. The predicted molar refractivity (Wildman–Crippen MR) is 102 cm³/mol. The summed E-state index contributed by atoms with van der Waals surface area (Å²) < 4.78 is 0. The molecule has 1 amide bonds. The first-order valence-corrected chi connectivity index (χ1v) is 8.60. The molecular weight excluding hydrogens is 316 g/mol. The number of amides is 1. The first-order chi connectivity index (χ1) is 11.7. The van der Waals surface area contributed by atoms with Crippen LogP contribution < -0.4 is 5.32 Å². The van der Waals surface area contributed by atoms with Crippen LogP contribution in [0.3, 0.4) is 0 Å². The highest BCUT2D eigenvalue weighted by atomic mass is 32.1. The van der Waals surface area contributed by atoms with Crippen molar-refractivity contribution in [2.75, 3.05) is 6.54 Å². The Kier molecular flexibility index (Phi) is 5.06. The maximum atomic E-state index is 12.4. The van der Waals surface area contributed by atoms with Gasteiger partial charge in [-0.05, 0) is 41.4 Å². The molecule has 3 nitrogen and oxygen atoms in total. The van der Waals surface area contributed by atoms with Crippen LogP contribution in [-0.2, 0) is 4.79 Å². The van der Waals surface area contributed by atoms with E-state index in [-0.39, 0.29) is 5.91 Å². The summed E-state index contributed by atoms with van der Waals surface area (Å²) in [7, 11) is 0. The Morgan fingerprint density at radius 2 is 1.71 bits per heavy atom. The van der Waals surface area contributed by atoms with Crippen molar-refractivity contribution in [3.63, 3.8) is 0 Å². The molecule has 1 heterocycles. The van der Waals surface area contributed by atoms with Crippen LogP contribution in [-0.4, -0.2) is 22.5 Å². The van der Waals surface area contributed by atoms with Crippen molar-refractivity contribution in [1.82, 2.24) is 10.2 Å². The molecule has 0 aromatic heterocycles. The van der Waals surface area contributed by atoms with Crippen LogP contribution in [0.4, 0.5) is 0 Å². The topological polar surface area (TPSA) is 32.3 Å². The molecule has 1 saturated heterocycles. The van der Waals surface area contributed by atoms with Crippen LogP contribution in [0.25, 0.3) is 17.2 Å². The fourth-order valence-corrected chi connectivity index (χ4v) is 2.94. The monoisotopic (exact) mass is 336 g/mol. The van der Waals surface area contributed by atoms with Crippen molar-refractivity contribution in [1.29, 1.82) is 0 Å². The maximum absolute atomic E-state index is 12.4. The number of carbonyl (C=O) groups is 1. The third kappa shape index (κ3) is 3.54. The highest BCUT2D eigenvalue weighted by Gasteiger charge is 2.29. The van der Waals surface area contributed by atoms with Crippen molar-refractivity contribution >= 4 is 29.3 Å². The number of nitrogens with zero attached hydrogens (tertiary/aromatic N) is 1. The number of nitrogens with one attached hydrogen (secondary N) is 1. The van der Waals surface area contributed by atoms with E-state index in [9.17, 15) is 4.79 Å². The van der Waals surface area contributed by atoms with Gasteiger partial charge in [-0.15, -0.1) is 0 Å². The normalized spacial score (nSPS) is 15.9. The van der Waals surface area contributed by atoms with Crippen LogP contribution in [0, 0.1) is 0 Å². The van der Waals surface area contributed by atoms with Gasteiger partial charge in [0.2, 0.25) is 0 Å². The van der Waals surface area contributed by atoms with Gasteiger partial charge in [0.05, 0.1) is 0 Å². The Labute approximate surface area is 148 Å². The molecule has 0 aliphatic carbocycles. The molecular formula is C20H20N2OS. The number of benzene rings is 2. The van der Waals surface area contributed by atoms with E-state index in [0.717, 1.165) is 24.0 Å². The van der Waals surface area contributed by atoms with Crippen molar-refractivity contribution < 1.29 is 4.79 Å². The molecule has 1 aliphatic heterocycles. The Morgan fingerprint density at radius 3 is 2.38 bits per heavy atom. The summed E-state index contributed by atoms with van der Waals surface area (Å²) in [4.78, 5) is 14.1. The van der Waals surface area contributed by atoms with E-state index in [0.29, 0.717) is 17.4 Å². The zero-order valence-electron chi connectivity index (χ0n) is 13.7. The number of hydrogen-bond acceptors (Lipinski definition) is 2. The molecule has 0 radical (unpaired) electrons. The molecule has 2 aromatic rings. The van der Waals surface area contributed by atoms with Crippen LogP contribution >= 0.6 is 12.2 Å². The average molecular weight is 336 g/mol. The number of thiocarbonyl (C=S) groups is 1. The highest BCUT2D eigenvalue weighted by molar-refractivity contribution is 7.80. The van der Waals surface area contributed by atoms with E-state index in [1.165, 1.54) is 5.56 Å². The minimum Gasteiger partial charge on any atom is -0.328 e. The van der Waals surface area contributed by atoms with Gasteiger partial charge < -0.3 is 5.32 Å². The van der Waals surface area contributed by atoms with Gasteiger partial charge in [0.25, 0.3) is 5.91 Å². The predicted octanol–water partition coefficient (Wildman–Crippen LogP) is 4.21. The lowest BCUT2D eigenvalue weighted by molar-refractivity contribution is -0.122. The SMILES string of the molecule is CCCCN1C(=O)C(=Cc2ccc(-c3ccccc3)cc2)NC1=S. The number of carbonyl (C=O) groups excluding carboxylic acids is 1. The molecule has 24 heavy (non-hydrogen) atoms. The van der Waals surface area contributed by atoms with Gasteiger partial charge in [-0.3, -0.25) is 9.69 Å². The molecule has 122 valence electrons. The summed E-state index contributed by atoms with van der Waals surface area (Å²) in [5.41, 5.74) is 3.86. The van der Waals surface area contributed by atoms with Crippen molar-refractivity contribution in [3.05, 3.63) is 65.9 Å². The fraction of sp³-hybridized carbons (Fsp3) is 0.200. The smallest absolute Gasteiger partial charge is 0.276 e. The zero-order chi connectivity index (χ0) is 16.9. The van der Waals surface area contributed by atoms with E-state index in [4.69, 9.17) is 12.2 Å². The van der Waals surface area contributed by atoms with Crippen LogP contribution in [0.2, 0.25) is 0 Å². The molecule has 1 aliphatic rings. The molecule has 0 bridgehead atoms. The quantitative estimate of drug-likeness (QED) is 0.656. The summed E-state index contributed by atoms with van der Waals surface area (Å²) in [6.45, 7) is 2.77. The van der Waals surface area contributed by atoms with E-state index in [1.807, 2.05) is 36.4 Å². The molecule has 0 spiro atoms. The molecule has 0 unspecified atom stereocenters. The maximum Gasteiger partial charge on any atom is 0.276 e. The van der Waals surface area contributed by atoms with Crippen LogP contribution in [0.1, 0.15) is 25.3 Å². The molecule has 2 aromatic carbocycles. The van der Waals surface area contributed by atoms with E-state index < -0.39 is 0 Å². The molecule has 1 fully saturated rings. The average Bonchev–Trinajstić information content (AvgIpc) is 2.88. The van der Waals surface area contributed by atoms with Gasteiger partial charge in [0.1, 0.15) is 5.70 Å². The van der Waals surface area contributed by atoms with Gasteiger partial charge in [-0.25, -0.2) is 0 Å². The van der Waals surface area contributed by atoms with Gasteiger partial charge in [0.15, 0.2) is 5.11 Å². The number of unbranched alkanes of at least 4 members (excludes halogenated alkanes) is 1. The second kappa shape index (κ2) is 7.41. The summed E-state index contributed by atoms with van der Waals surface area (Å²) in [6, 6.07) is 18.4. The third-order valence-corrected chi connectivity index (χ3v) is 4.35. The molecule has 0 saturated carbocycles. The Balaban J connectivity index is 1.77. The molecule has 1 N–H and O–H groups in total. The first kappa shape index (κ1) is 16.4. The van der Waals surface area contributed by atoms with Gasteiger partial charge in [-0.2, -0.15) is 0 Å². The van der Waals surface area contributed by atoms with E-state index in [2.05, 4.69) is 36.5 Å². The second-order valence-corrected chi connectivity index (χ2v) is 6.17. The number of hydrogen-bond donors (Lipinski definition) is 1. The second-order valence-electron chi connectivity index (χ2n) is 5.79. The molecule has 3 rings (SSSR count). The number of rotatable bonds is 5. The first-order valence-electron chi connectivity index (χ1n) is 8.19. The van der Waals surface area contributed by atoms with Gasteiger partial charge in [-0.1, -0.05) is 67.9 Å². The van der Waals surface area contributed by atoms with Gasteiger partial charge in [0, 0.05) is 6.54 Å². The lowest BCUT2D eigenvalue weighted by Gasteiger charge is -2.12. The standard InChI is InChI=1S/C20H20N2OS/c1-2-3-13-22-19(23)18(21-20(22)24)14-15-9-11-17(12-10-15)16-7-5-4-6-8-16/h4-12,14H,2-3,13H2,1H3,(H,21,24). The highest BCUT2D eigenvalue weighted by Crippen LogP contribution is 2.21. The summed E-state index contributed by atoms with van der Waals surface area (Å²) in [6.07, 6.45) is 3.84. The Hall–Kier alpha value is -2.46. The Morgan fingerprint density at radius 1 is 1.04 bits per heavy atom. The van der Waals surface area contributed by atoms with Crippen molar-refractivity contribution in [2.24, 2.45) is 0 Å². The molecule has 4 heteroatoms. The summed E-state index contributed by atoms with van der Waals surface area (Å²) in [5.74, 6) is -0.0411. The zero-order valence-corrected chi connectivity index (χ0v) is 14.5. The minimum atomic E-state index is -0.0411. The van der Waals surface area contributed by atoms with Crippen LogP contribution in [0.15, 0.2) is 60.3 Å². The third-order valence-electron chi connectivity index (χ3n) is 4.03. The van der Waals surface area contributed by atoms with Crippen molar-refractivity contribution in [2.45, 2.75) is 19.8 Å². The van der Waals surface area contributed by atoms with E-state index in [1.54, 1.807) is 4.90 Å². The minimum absolute atomic E-state index is 0.0411. The summed E-state index contributed by atoms with van der Waals surface area (Å²) in [5, 5.41) is 3.53. The Bertz CT molecular complexity index is 766. The van der Waals surface area contributed by atoms with Crippen molar-refractivity contribution in [3.8, 4) is 11.1 Å². The van der Waals surface area contributed by atoms with E-state index >= 15 is 0 Å². The fourth-order valence-electron chi connectivity index (χ4n) is 2.66. The summed E-state index contributed by atoms with van der Waals surface area (Å²) >= 11 is 5.26. The van der Waals surface area contributed by atoms with Crippen LogP contribution in [0.5, 0.6) is 0 Å². The lowest BCUT2D eigenvalue weighted by atomic mass is 10.0. The lowest BCUT2D eigenvalue weighted by Crippen LogP contribution is -2.31. The van der Waals surface area contributed by atoms with Gasteiger partial charge >= 0.3 is 0 Å².